The minimum absolute atomic E-state index is 0.0595. The van der Waals surface area contributed by atoms with Gasteiger partial charge in [0.2, 0.25) is 0 Å². The van der Waals surface area contributed by atoms with Crippen LogP contribution >= 0.6 is 0 Å². The van der Waals surface area contributed by atoms with E-state index in [-0.39, 0.29) is 37.3 Å². The van der Waals surface area contributed by atoms with Crippen LogP contribution in [0.15, 0.2) is 87.0 Å². The average Bonchev–Trinajstić information content (AvgIpc) is 3.30. The summed E-state index contributed by atoms with van der Waals surface area (Å²) in [5, 5.41) is 0. The molecule has 12 nitrogen and oxygen atoms in total. The standard InChI is InChI=1S/C51H66O12/c1-9-38(31-58-46(52)13-5)60-44-23-37(24-45(26-44)61-39(10-2)32-59-47(53)14-6)51-28-34-17-18-35(51)19-20-50(27-34,33-51)36-21-42(56-29-40(11-3)62-48(54)15-7)25-43(22-36)57-30-41(12-4)63-49(55)16-8/h13-16,21-26,34-35,38-41H,5-12,17-20,27-33H2,1-4H3/t34?,35?,38?,39?,40?,41?,50-,51?/m0/s1. The molecule has 12 heteroatoms. The molecule has 3 aliphatic carbocycles. The highest BCUT2D eigenvalue weighted by Crippen LogP contribution is 2.66. The fourth-order valence-corrected chi connectivity index (χ4v) is 9.63. The zero-order valence-electron chi connectivity index (χ0n) is 37.6. The highest BCUT2D eigenvalue weighted by molar-refractivity contribution is 5.82. The summed E-state index contributed by atoms with van der Waals surface area (Å²) in [6, 6.07) is 12.2. The van der Waals surface area contributed by atoms with Gasteiger partial charge in [-0.15, -0.1) is 0 Å². The van der Waals surface area contributed by atoms with E-state index >= 15 is 0 Å². The normalized spacial score (nSPS) is 22.7. The number of hydrogen-bond acceptors (Lipinski definition) is 12. The lowest BCUT2D eigenvalue weighted by Gasteiger charge is -2.62. The van der Waals surface area contributed by atoms with Gasteiger partial charge in [0.25, 0.3) is 0 Å². The van der Waals surface area contributed by atoms with Crippen LogP contribution in [0.5, 0.6) is 23.0 Å². The molecular formula is C51H66O12. The second kappa shape index (κ2) is 22.7. The Labute approximate surface area is 372 Å². The second-order valence-corrected chi connectivity index (χ2v) is 17.0. The van der Waals surface area contributed by atoms with Crippen molar-refractivity contribution in [1.29, 1.82) is 0 Å². The van der Waals surface area contributed by atoms with Crippen molar-refractivity contribution in [3.05, 3.63) is 98.1 Å². The molecule has 5 rings (SSSR count). The Bertz CT molecular complexity index is 1850. The first-order valence-corrected chi connectivity index (χ1v) is 22.5. The van der Waals surface area contributed by atoms with Gasteiger partial charge in [0.1, 0.15) is 73.8 Å². The van der Waals surface area contributed by atoms with Gasteiger partial charge in [0.15, 0.2) is 0 Å². The number of carbonyl (C=O) groups excluding carboxylic acids is 4. The summed E-state index contributed by atoms with van der Waals surface area (Å²) in [5.74, 6) is 1.16. The van der Waals surface area contributed by atoms with E-state index in [2.05, 4.69) is 50.6 Å². The summed E-state index contributed by atoms with van der Waals surface area (Å²) in [6.07, 6.45) is 12.1. The summed E-state index contributed by atoms with van der Waals surface area (Å²) < 4.78 is 47.9. The van der Waals surface area contributed by atoms with Crippen LogP contribution in [-0.4, -0.2) is 74.7 Å². The van der Waals surface area contributed by atoms with Crippen molar-refractivity contribution in [2.75, 3.05) is 26.4 Å². The van der Waals surface area contributed by atoms with Crippen LogP contribution in [0.3, 0.4) is 0 Å². The van der Waals surface area contributed by atoms with Crippen molar-refractivity contribution in [2.45, 2.75) is 134 Å². The number of fused-ring (bicyclic) bond motifs is 2. The molecule has 0 radical (unpaired) electrons. The fourth-order valence-electron chi connectivity index (χ4n) is 9.63. The molecule has 0 spiro atoms. The maximum Gasteiger partial charge on any atom is 0.330 e. The molecule has 3 fully saturated rings. The average molecular weight is 871 g/mol. The van der Waals surface area contributed by atoms with Gasteiger partial charge in [0.05, 0.1) is 0 Å². The minimum atomic E-state index is -0.518. The minimum Gasteiger partial charge on any atom is -0.490 e. The largest absolute Gasteiger partial charge is 0.490 e. The third kappa shape index (κ3) is 12.6. The number of carbonyl (C=O) groups is 4. The number of hydrogen-bond donors (Lipinski definition) is 0. The predicted molar refractivity (Wildman–Crippen MR) is 239 cm³/mol. The van der Waals surface area contributed by atoms with Crippen LogP contribution in [0.1, 0.15) is 109 Å². The Balaban J connectivity index is 1.56. The summed E-state index contributed by atoms with van der Waals surface area (Å²) in [7, 11) is 0. The SMILES string of the molecule is C=CC(=O)OCC(CC)Oc1cc(OC(CC)COC(=O)C=C)cc(C23CC4CCC2CC[C@](c2cc(OCC(CC)OC(=O)C=C)cc(OCC(CC)OC(=O)C=C)c2)(C4)C3)c1. The first kappa shape index (κ1) is 48.5. The molecule has 7 unspecified atom stereocenters. The Hall–Kier alpha value is -5.52. The molecule has 0 N–H and O–H groups in total. The predicted octanol–water partition coefficient (Wildman–Crippen LogP) is 9.41. The first-order chi connectivity index (χ1) is 30.3. The highest BCUT2D eigenvalue weighted by Gasteiger charge is 2.58. The second-order valence-electron chi connectivity index (χ2n) is 17.0. The van der Waals surface area contributed by atoms with Crippen LogP contribution in [0.25, 0.3) is 0 Å². The van der Waals surface area contributed by atoms with Crippen molar-refractivity contribution in [3.8, 4) is 23.0 Å². The topological polar surface area (TPSA) is 142 Å². The maximum atomic E-state index is 12.1. The quantitative estimate of drug-likeness (QED) is 0.0505. The molecule has 2 aromatic rings. The van der Waals surface area contributed by atoms with Gasteiger partial charge in [-0.05, 0) is 122 Å². The van der Waals surface area contributed by atoms with Gasteiger partial charge in [-0.1, -0.05) is 60.4 Å². The van der Waals surface area contributed by atoms with E-state index in [1.807, 2.05) is 39.8 Å². The third-order valence-electron chi connectivity index (χ3n) is 13.0. The summed E-state index contributed by atoms with van der Waals surface area (Å²) >= 11 is 0. The zero-order chi connectivity index (χ0) is 45.6. The van der Waals surface area contributed by atoms with Gasteiger partial charge in [-0.3, -0.25) is 0 Å². The van der Waals surface area contributed by atoms with Crippen LogP contribution in [-0.2, 0) is 49.0 Å². The molecule has 3 saturated carbocycles. The molecule has 0 aliphatic heterocycles. The van der Waals surface area contributed by atoms with Crippen molar-refractivity contribution in [1.82, 2.24) is 0 Å². The zero-order valence-corrected chi connectivity index (χ0v) is 37.6. The third-order valence-corrected chi connectivity index (χ3v) is 13.0. The van der Waals surface area contributed by atoms with Crippen LogP contribution in [0, 0.1) is 11.8 Å². The molecule has 2 aromatic carbocycles. The Morgan fingerprint density at radius 2 is 1.03 bits per heavy atom. The van der Waals surface area contributed by atoms with Gasteiger partial charge in [-0.25, -0.2) is 19.2 Å². The van der Waals surface area contributed by atoms with E-state index in [1.165, 1.54) is 0 Å². The molecule has 342 valence electrons. The van der Waals surface area contributed by atoms with Gasteiger partial charge in [0, 0.05) is 36.4 Å². The van der Waals surface area contributed by atoms with Gasteiger partial charge >= 0.3 is 23.9 Å². The Morgan fingerprint density at radius 3 is 1.49 bits per heavy atom. The molecule has 63 heavy (non-hydrogen) atoms. The summed E-state index contributed by atoms with van der Waals surface area (Å²) in [5.41, 5.74) is 1.74. The number of ether oxygens (including phenoxy) is 8. The summed E-state index contributed by atoms with van der Waals surface area (Å²) in [4.78, 5) is 48.2. The Morgan fingerprint density at radius 1 is 0.571 bits per heavy atom. The van der Waals surface area contributed by atoms with Gasteiger partial charge in [-0.2, -0.15) is 0 Å². The lowest BCUT2D eigenvalue weighted by Crippen LogP contribution is -2.56. The lowest BCUT2D eigenvalue weighted by molar-refractivity contribution is -0.145. The molecule has 0 amide bonds. The number of benzene rings is 2. The molecule has 0 aromatic heterocycles. The van der Waals surface area contributed by atoms with E-state index in [0.717, 1.165) is 80.4 Å². The maximum absolute atomic E-state index is 12.1. The van der Waals surface area contributed by atoms with Crippen molar-refractivity contribution in [3.63, 3.8) is 0 Å². The van der Waals surface area contributed by atoms with Crippen LogP contribution in [0.4, 0.5) is 0 Å². The number of esters is 4. The molecule has 0 heterocycles. The van der Waals surface area contributed by atoms with Crippen LogP contribution < -0.4 is 18.9 Å². The van der Waals surface area contributed by atoms with Gasteiger partial charge < -0.3 is 37.9 Å². The lowest BCUT2D eigenvalue weighted by atomic mass is 9.42. The first-order valence-electron chi connectivity index (χ1n) is 22.5. The van der Waals surface area contributed by atoms with Crippen molar-refractivity contribution < 1.29 is 57.1 Å². The molecular weight excluding hydrogens is 805 g/mol. The molecule has 3 bridgehead atoms. The number of rotatable bonds is 26. The van der Waals surface area contributed by atoms with Crippen molar-refractivity contribution in [2.24, 2.45) is 11.8 Å². The van der Waals surface area contributed by atoms with E-state index < -0.39 is 48.3 Å². The molecule has 0 saturated heterocycles. The monoisotopic (exact) mass is 870 g/mol. The summed E-state index contributed by atoms with van der Waals surface area (Å²) in [6.45, 7) is 22.3. The van der Waals surface area contributed by atoms with Crippen molar-refractivity contribution >= 4 is 23.9 Å². The highest BCUT2D eigenvalue weighted by atomic mass is 16.6. The molecule has 3 aliphatic rings. The van der Waals surface area contributed by atoms with E-state index in [9.17, 15) is 19.2 Å². The van der Waals surface area contributed by atoms with E-state index in [4.69, 9.17) is 37.9 Å². The molecule has 8 atom stereocenters. The Kier molecular flexibility index (Phi) is 17.5. The van der Waals surface area contributed by atoms with E-state index in [0.29, 0.717) is 60.5 Å². The van der Waals surface area contributed by atoms with E-state index in [1.54, 1.807) is 0 Å². The smallest absolute Gasteiger partial charge is 0.330 e. The fraction of sp³-hybridized carbons (Fsp3) is 0.529. The van der Waals surface area contributed by atoms with Crippen LogP contribution in [0.2, 0.25) is 0 Å².